The van der Waals surface area contributed by atoms with Crippen molar-refractivity contribution in [2.24, 2.45) is 11.8 Å². The lowest BCUT2D eigenvalue weighted by atomic mass is 9.91. The molecule has 1 aromatic heterocycles. The molecule has 2 atom stereocenters. The molecule has 2 amide bonds. The SMILES string of the molecule is O=C1C2C=CC=CC2C(=O)N1Cc1ccc[nH]c1=O. The van der Waals surface area contributed by atoms with Gasteiger partial charge in [-0.15, -0.1) is 0 Å². The zero-order valence-corrected chi connectivity index (χ0v) is 10.1. The maximum Gasteiger partial charge on any atom is 0.252 e. The Bertz CT molecular complexity index is 627. The summed E-state index contributed by atoms with van der Waals surface area (Å²) in [5.41, 5.74) is 0.139. The maximum atomic E-state index is 12.2. The van der Waals surface area contributed by atoms with E-state index < -0.39 is 11.8 Å². The average Bonchev–Trinajstić information content (AvgIpc) is 2.67. The van der Waals surface area contributed by atoms with Gasteiger partial charge in [-0.2, -0.15) is 0 Å². The van der Waals surface area contributed by atoms with Crippen molar-refractivity contribution in [3.8, 4) is 0 Å². The van der Waals surface area contributed by atoms with Gasteiger partial charge in [0, 0.05) is 11.8 Å². The minimum absolute atomic E-state index is 0.0303. The number of carbonyl (C=O) groups is 2. The molecule has 96 valence electrons. The molecule has 2 heterocycles. The number of pyridine rings is 1. The minimum Gasteiger partial charge on any atom is -0.329 e. The van der Waals surface area contributed by atoms with Gasteiger partial charge in [0.05, 0.1) is 18.4 Å². The topological polar surface area (TPSA) is 70.2 Å². The number of H-pyrrole nitrogens is 1. The number of aromatic amines is 1. The van der Waals surface area contributed by atoms with Gasteiger partial charge >= 0.3 is 0 Å². The first-order valence-electron chi connectivity index (χ1n) is 6.05. The van der Waals surface area contributed by atoms with Crippen LogP contribution in [0.2, 0.25) is 0 Å². The van der Waals surface area contributed by atoms with Crippen molar-refractivity contribution in [1.82, 2.24) is 9.88 Å². The average molecular weight is 256 g/mol. The van der Waals surface area contributed by atoms with E-state index in [9.17, 15) is 14.4 Å². The van der Waals surface area contributed by atoms with Crippen LogP contribution in [0.5, 0.6) is 0 Å². The fraction of sp³-hybridized carbons (Fsp3) is 0.214. The quantitative estimate of drug-likeness (QED) is 0.788. The predicted molar refractivity (Wildman–Crippen MR) is 67.9 cm³/mol. The fourth-order valence-electron chi connectivity index (χ4n) is 2.45. The van der Waals surface area contributed by atoms with Gasteiger partial charge in [0.25, 0.3) is 5.56 Å². The Hall–Kier alpha value is -2.43. The van der Waals surface area contributed by atoms with Crippen molar-refractivity contribution >= 4 is 11.8 Å². The minimum atomic E-state index is -0.416. The van der Waals surface area contributed by atoms with Crippen LogP contribution in [0.1, 0.15) is 5.56 Å². The molecule has 0 saturated carbocycles. The number of aromatic nitrogens is 1. The molecule has 1 aliphatic heterocycles. The third kappa shape index (κ3) is 1.83. The second kappa shape index (κ2) is 4.35. The number of carbonyl (C=O) groups excluding carboxylic acids is 2. The van der Waals surface area contributed by atoms with Crippen LogP contribution in [0.4, 0.5) is 0 Å². The molecule has 0 spiro atoms. The molecule has 0 radical (unpaired) electrons. The number of allylic oxidation sites excluding steroid dienone is 2. The molecule has 1 aromatic rings. The smallest absolute Gasteiger partial charge is 0.252 e. The summed E-state index contributed by atoms with van der Waals surface area (Å²) in [7, 11) is 0. The first-order valence-corrected chi connectivity index (χ1v) is 6.05. The number of nitrogens with one attached hydrogen (secondary N) is 1. The van der Waals surface area contributed by atoms with E-state index in [4.69, 9.17) is 0 Å². The van der Waals surface area contributed by atoms with Crippen LogP contribution in [0.25, 0.3) is 0 Å². The number of likely N-dealkylation sites (tertiary alicyclic amines) is 1. The molecule has 1 fully saturated rings. The molecule has 19 heavy (non-hydrogen) atoms. The van der Waals surface area contributed by atoms with E-state index in [0.717, 1.165) is 0 Å². The van der Waals surface area contributed by atoms with Gasteiger partial charge in [-0.05, 0) is 6.07 Å². The number of hydrogen-bond donors (Lipinski definition) is 1. The summed E-state index contributed by atoms with van der Waals surface area (Å²) in [4.78, 5) is 39.6. The Labute approximate surface area is 109 Å². The van der Waals surface area contributed by atoms with Crippen LogP contribution < -0.4 is 5.56 Å². The van der Waals surface area contributed by atoms with Crippen LogP contribution in [0.15, 0.2) is 47.4 Å². The molecule has 5 nitrogen and oxygen atoms in total. The van der Waals surface area contributed by atoms with Crippen LogP contribution in [0.3, 0.4) is 0 Å². The molecule has 1 N–H and O–H groups in total. The third-order valence-corrected chi connectivity index (χ3v) is 3.47. The Balaban J connectivity index is 1.90. The van der Waals surface area contributed by atoms with E-state index in [0.29, 0.717) is 5.56 Å². The zero-order valence-electron chi connectivity index (χ0n) is 10.1. The van der Waals surface area contributed by atoms with Gasteiger partial charge in [-0.1, -0.05) is 30.4 Å². The Morgan fingerprint density at radius 2 is 1.68 bits per heavy atom. The highest BCUT2D eigenvalue weighted by molar-refractivity contribution is 6.07. The van der Waals surface area contributed by atoms with Gasteiger partial charge in [-0.25, -0.2) is 0 Å². The molecule has 5 heteroatoms. The maximum absolute atomic E-state index is 12.2. The summed E-state index contributed by atoms with van der Waals surface area (Å²) in [5, 5.41) is 0. The number of fused-ring (bicyclic) bond motifs is 1. The number of hydrogen-bond acceptors (Lipinski definition) is 3. The van der Waals surface area contributed by atoms with Crippen LogP contribution in [0, 0.1) is 11.8 Å². The lowest BCUT2D eigenvalue weighted by molar-refractivity contribution is -0.140. The van der Waals surface area contributed by atoms with Crippen LogP contribution >= 0.6 is 0 Å². The van der Waals surface area contributed by atoms with Crippen molar-refractivity contribution in [3.05, 3.63) is 58.6 Å². The van der Waals surface area contributed by atoms with Gasteiger partial charge in [0.15, 0.2) is 0 Å². The summed E-state index contributed by atoms with van der Waals surface area (Å²) in [5.74, 6) is -1.31. The van der Waals surface area contributed by atoms with Crippen molar-refractivity contribution < 1.29 is 9.59 Å². The van der Waals surface area contributed by atoms with Crippen LogP contribution in [-0.4, -0.2) is 21.7 Å². The van der Waals surface area contributed by atoms with E-state index in [1.807, 2.05) is 0 Å². The second-order valence-corrected chi connectivity index (χ2v) is 4.61. The van der Waals surface area contributed by atoms with E-state index in [1.54, 1.807) is 36.4 Å². The molecule has 3 rings (SSSR count). The molecule has 0 aromatic carbocycles. The fourth-order valence-corrected chi connectivity index (χ4v) is 2.45. The third-order valence-electron chi connectivity index (χ3n) is 3.47. The summed E-state index contributed by atoms with van der Waals surface area (Å²) in [6, 6.07) is 3.29. The molecular weight excluding hydrogens is 244 g/mol. The molecule has 1 saturated heterocycles. The van der Waals surface area contributed by atoms with E-state index in [-0.39, 0.29) is 23.9 Å². The van der Waals surface area contributed by atoms with Gasteiger partial charge in [-0.3, -0.25) is 19.3 Å². The highest BCUT2D eigenvalue weighted by Gasteiger charge is 2.45. The van der Waals surface area contributed by atoms with Crippen molar-refractivity contribution in [2.75, 3.05) is 0 Å². The standard InChI is InChI=1S/C14H12N2O3/c17-12-9(4-3-7-15-12)8-16-13(18)10-5-1-2-6-11(10)14(16)19/h1-7,10-11H,8H2,(H,15,17). The van der Waals surface area contributed by atoms with Gasteiger partial charge in [0.1, 0.15) is 0 Å². The van der Waals surface area contributed by atoms with E-state index >= 15 is 0 Å². The summed E-state index contributed by atoms with van der Waals surface area (Å²) in [6.45, 7) is 0.0303. The monoisotopic (exact) mass is 256 g/mol. The molecule has 1 aliphatic carbocycles. The first kappa shape index (κ1) is 11.6. The second-order valence-electron chi connectivity index (χ2n) is 4.61. The number of nitrogens with zero attached hydrogens (tertiary/aromatic N) is 1. The molecule has 2 aliphatic rings. The highest BCUT2D eigenvalue weighted by atomic mass is 16.2. The summed E-state index contributed by atoms with van der Waals surface area (Å²) < 4.78 is 0. The Morgan fingerprint density at radius 1 is 1.05 bits per heavy atom. The number of imide groups is 1. The lowest BCUT2D eigenvalue weighted by Gasteiger charge is -2.13. The van der Waals surface area contributed by atoms with Gasteiger partial charge < -0.3 is 4.98 Å². The molecular formula is C14H12N2O3. The number of amides is 2. The highest BCUT2D eigenvalue weighted by Crippen LogP contribution is 2.31. The van der Waals surface area contributed by atoms with Crippen molar-refractivity contribution in [2.45, 2.75) is 6.54 Å². The Kier molecular flexibility index (Phi) is 2.67. The summed E-state index contributed by atoms with van der Waals surface area (Å²) >= 11 is 0. The van der Waals surface area contributed by atoms with Crippen molar-refractivity contribution in [3.63, 3.8) is 0 Å². The zero-order chi connectivity index (χ0) is 13.4. The molecule has 0 bridgehead atoms. The number of rotatable bonds is 2. The summed E-state index contributed by atoms with van der Waals surface area (Å²) in [6.07, 6.45) is 8.53. The van der Waals surface area contributed by atoms with E-state index in [1.165, 1.54) is 11.1 Å². The van der Waals surface area contributed by atoms with E-state index in [2.05, 4.69) is 4.98 Å². The van der Waals surface area contributed by atoms with Crippen molar-refractivity contribution in [1.29, 1.82) is 0 Å². The van der Waals surface area contributed by atoms with Gasteiger partial charge in [0.2, 0.25) is 11.8 Å². The largest absolute Gasteiger partial charge is 0.329 e. The van der Waals surface area contributed by atoms with Crippen LogP contribution in [-0.2, 0) is 16.1 Å². The predicted octanol–water partition coefficient (Wildman–Crippen LogP) is 0.602. The molecule has 2 unspecified atom stereocenters. The first-order chi connectivity index (χ1) is 9.18. The lowest BCUT2D eigenvalue weighted by Crippen LogP contribution is -2.32. The normalized spacial score (nSPS) is 24.9. The Morgan fingerprint density at radius 3 is 2.26 bits per heavy atom.